The molecule has 2 nitrogen and oxygen atoms in total. The monoisotopic (exact) mass is 270 g/mol. The number of ether oxygens (including phenoxy) is 1. The summed E-state index contributed by atoms with van der Waals surface area (Å²) in [5.41, 5.74) is 1.97. The van der Waals surface area contributed by atoms with E-state index in [9.17, 15) is 5.11 Å². The highest BCUT2D eigenvalue weighted by molar-refractivity contribution is 5.32. The van der Waals surface area contributed by atoms with Crippen molar-refractivity contribution in [2.24, 2.45) is 5.92 Å². The summed E-state index contributed by atoms with van der Waals surface area (Å²) < 4.78 is 6.07. The van der Waals surface area contributed by atoms with Gasteiger partial charge in [-0.1, -0.05) is 62.4 Å². The van der Waals surface area contributed by atoms with Gasteiger partial charge in [-0.15, -0.1) is 0 Å². The summed E-state index contributed by atoms with van der Waals surface area (Å²) in [6, 6.07) is 17.6. The van der Waals surface area contributed by atoms with Crippen LogP contribution in [0.4, 0.5) is 0 Å². The highest BCUT2D eigenvalue weighted by Crippen LogP contribution is 2.28. The van der Waals surface area contributed by atoms with Crippen LogP contribution in [0.1, 0.15) is 31.1 Å². The summed E-state index contributed by atoms with van der Waals surface area (Å²) in [5.74, 6) is 1.05. The molecule has 0 aliphatic rings. The normalized spacial score (nSPS) is 14.1. The number of hydrogen-bond donors (Lipinski definition) is 1. The predicted octanol–water partition coefficient (Wildman–Crippen LogP) is 4.13. The molecule has 0 saturated heterocycles. The van der Waals surface area contributed by atoms with Crippen molar-refractivity contribution in [3.05, 3.63) is 65.7 Å². The van der Waals surface area contributed by atoms with Crippen LogP contribution in [0.2, 0.25) is 0 Å². The van der Waals surface area contributed by atoms with Gasteiger partial charge in [0, 0.05) is 0 Å². The van der Waals surface area contributed by atoms with E-state index in [4.69, 9.17) is 4.74 Å². The summed E-state index contributed by atoms with van der Waals surface area (Å²) in [4.78, 5) is 0. The van der Waals surface area contributed by atoms with E-state index in [1.807, 2.05) is 61.5 Å². The third-order valence-electron chi connectivity index (χ3n) is 3.47. The predicted molar refractivity (Wildman–Crippen MR) is 81.8 cm³/mol. The molecular weight excluding hydrogens is 248 g/mol. The Morgan fingerprint density at radius 1 is 0.900 bits per heavy atom. The van der Waals surface area contributed by atoms with E-state index in [-0.39, 0.29) is 12.0 Å². The Labute approximate surface area is 121 Å². The van der Waals surface area contributed by atoms with Gasteiger partial charge in [0.1, 0.15) is 18.0 Å². The second kappa shape index (κ2) is 6.58. The quantitative estimate of drug-likeness (QED) is 0.885. The number of benzene rings is 2. The van der Waals surface area contributed by atoms with Crippen LogP contribution in [-0.4, -0.2) is 11.2 Å². The Hall–Kier alpha value is -1.80. The van der Waals surface area contributed by atoms with Crippen molar-refractivity contribution in [2.45, 2.75) is 33.0 Å². The van der Waals surface area contributed by atoms with Crippen LogP contribution in [-0.2, 0) is 0 Å². The van der Waals surface area contributed by atoms with E-state index in [2.05, 4.69) is 13.8 Å². The van der Waals surface area contributed by atoms with Crippen LogP contribution >= 0.6 is 0 Å². The SMILES string of the molecule is Cc1ccccc1OC(C(C)C)C(O)c1ccccc1. The smallest absolute Gasteiger partial charge is 0.131 e. The van der Waals surface area contributed by atoms with Crippen molar-refractivity contribution in [1.82, 2.24) is 0 Å². The third kappa shape index (κ3) is 3.40. The second-order valence-electron chi connectivity index (χ2n) is 5.45. The van der Waals surface area contributed by atoms with Crippen LogP contribution in [0.15, 0.2) is 54.6 Å². The number of hydrogen-bond acceptors (Lipinski definition) is 2. The zero-order valence-electron chi connectivity index (χ0n) is 12.3. The number of para-hydroxylation sites is 1. The molecule has 0 heterocycles. The van der Waals surface area contributed by atoms with Gasteiger partial charge in [0.15, 0.2) is 0 Å². The molecule has 2 unspecified atom stereocenters. The van der Waals surface area contributed by atoms with Crippen molar-refractivity contribution in [2.75, 3.05) is 0 Å². The van der Waals surface area contributed by atoms with E-state index in [1.165, 1.54) is 0 Å². The first kappa shape index (κ1) is 14.6. The van der Waals surface area contributed by atoms with Crippen molar-refractivity contribution in [3.63, 3.8) is 0 Å². The minimum atomic E-state index is -0.629. The van der Waals surface area contributed by atoms with Gasteiger partial charge in [-0.25, -0.2) is 0 Å². The first-order valence-corrected chi connectivity index (χ1v) is 7.05. The molecule has 0 saturated carbocycles. The summed E-state index contributed by atoms with van der Waals surface area (Å²) in [5, 5.41) is 10.6. The molecule has 0 aromatic heterocycles. The van der Waals surface area contributed by atoms with Gasteiger partial charge in [0.25, 0.3) is 0 Å². The van der Waals surface area contributed by atoms with Gasteiger partial charge in [-0.2, -0.15) is 0 Å². The molecule has 106 valence electrons. The van der Waals surface area contributed by atoms with Crippen molar-refractivity contribution >= 4 is 0 Å². The molecule has 2 atom stereocenters. The molecule has 1 N–H and O–H groups in total. The summed E-state index contributed by atoms with van der Waals surface area (Å²) in [6.45, 7) is 6.14. The average Bonchev–Trinajstić information content (AvgIpc) is 2.46. The van der Waals surface area contributed by atoms with Gasteiger partial charge >= 0.3 is 0 Å². The van der Waals surface area contributed by atoms with Gasteiger partial charge in [-0.3, -0.25) is 0 Å². The van der Waals surface area contributed by atoms with Crippen LogP contribution in [0.3, 0.4) is 0 Å². The maximum Gasteiger partial charge on any atom is 0.131 e. The summed E-state index contributed by atoms with van der Waals surface area (Å²) in [7, 11) is 0. The standard InChI is InChI=1S/C18H22O2/c1-13(2)18(17(19)15-10-5-4-6-11-15)20-16-12-8-7-9-14(16)3/h4-13,17-19H,1-3H3. The van der Waals surface area contributed by atoms with Crippen molar-refractivity contribution in [1.29, 1.82) is 0 Å². The van der Waals surface area contributed by atoms with E-state index in [1.54, 1.807) is 0 Å². The molecule has 20 heavy (non-hydrogen) atoms. The molecule has 0 bridgehead atoms. The van der Waals surface area contributed by atoms with Gasteiger partial charge in [0.2, 0.25) is 0 Å². The minimum absolute atomic E-state index is 0.213. The first-order chi connectivity index (χ1) is 9.59. The topological polar surface area (TPSA) is 29.5 Å². The van der Waals surface area contributed by atoms with Gasteiger partial charge < -0.3 is 9.84 Å². The molecule has 2 rings (SSSR count). The zero-order chi connectivity index (χ0) is 14.5. The second-order valence-corrected chi connectivity index (χ2v) is 5.45. The Morgan fingerprint density at radius 2 is 1.50 bits per heavy atom. The fourth-order valence-electron chi connectivity index (χ4n) is 2.24. The Kier molecular flexibility index (Phi) is 4.80. The Bertz CT molecular complexity index is 534. The lowest BCUT2D eigenvalue weighted by atomic mass is 9.96. The number of aryl methyl sites for hydroxylation is 1. The molecule has 0 amide bonds. The lowest BCUT2D eigenvalue weighted by molar-refractivity contribution is 0.00751. The van der Waals surface area contributed by atoms with E-state index < -0.39 is 6.10 Å². The molecule has 0 radical (unpaired) electrons. The number of aliphatic hydroxyl groups excluding tert-OH is 1. The maximum atomic E-state index is 10.6. The van der Waals surface area contributed by atoms with Crippen molar-refractivity contribution in [3.8, 4) is 5.75 Å². The third-order valence-corrected chi connectivity index (χ3v) is 3.47. The molecule has 0 aliphatic heterocycles. The average molecular weight is 270 g/mol. The van der Waals surface area contributed by atoms with Crippen LogP contribution < -0.4 is 4.74 Å². The molecule has 2 heteroatoms. The highest BCUT2D eigenvalue weighted by atomic mass is 16.5. The van der Waals surface area contributed by atoms with E-state index in [0.29, 0.717) is 0 Å². The van der Waals surface area contributed by atoms with Gasteiger partial charge in [-0.05, 0) is 30.0 Å². The molecule has 0 spiro atoms. The molecule has 0 fully saturated rings. The Morgan fingerprint density at radius 3 is 2.10 bits per heavy atom. The molecule has 0 aliphatic carbocycles. The summed E-state index contributed by atoms with van der Waals surface area (Å²) in [6.07, 6.45) is -0.894. The fourth-order valence-corrected chi connectivity index (χ4v) is 2.24. The lowest BCUT2D eigenvalue weighted by Gasteiger charge is -2.28. The van der Waals surface area contributed by atoms with Crippen LogP contribution in [0.5, 0.6) is 5.75 Å². The fraction of sp³-hybridized carbons (Fsp3) is 0.333. The van der Waals surface area contributed by atoms with E-state index >= 15 is 0 Å². The highest BCUT2D eigenvalue weighted by Gasteiger charge is 2.26. The minimum Gasteiger partial charge on any atom is -0.487 e. The maximum absolute atomic E-state index is 10.6. The van der Waals surface area contributed by atoms with Crippen LogP contribution in [0.25, 0.3) is 0 Å². The molecular formula is C18H22O2. The largest absolute Gasteiger partial charge is 0.487 e. The Balaban J connectivity index is 2.22. The summed E-state index contributed by atoms with van der Waals surface area (Å²) >= 11 is 0. The van der Waals surface area contributed by atoms with Crippen LogP contribution in [0, 0.1) is 12.8 Å². The van der Waals surface area contributed by atoms with Gasteiger partial charge in [0.05, 0.1) is 0 Å². The zero-order valence-corrected chi connectivity index (χ0v) is 12.3. The molecule has 2 aromatic rings. The molecule has 2 aromatic carbocycles. The van der Waals surface area contributed by atoms with Crippen molar-refractivity contribution < 1.29 is 9.84 Å². The number of rotatable bonds is 5. The first-order valence-electron chi connectivity index (χ1n) is 7.05. The number of aliphatic hydroxyl groups is 1. The van der Waals surface area contributed by atoms with E-state index in [0.717, 1.165) is 16.9 Å². The lowest BCUT2D eigenvalue weighted by Crippen LogP contribution is -2.31.